The molecule has 0 aliphatic heterocycles. The molecule has 0 rings (SSSR count). The van der Waals surface area contributed by atoms with E-state index in [4.69, 9.17) is 0 Å². The lowest BCUT2D eigenvalue weighted by Gasteiger charge is -2.25. The van der Waals surface area contributed by atoms with E-state index in [1.807, 2.05) is 0 Å². The van der Waals surface area contributed by atoms with Crippen molar-refractivity contribution in [2.45, 2.75) is 59.8 Å². The highest BCUT2D eigenvalue weighted by Crippen LogP contribution is 2.22. The van der Waals surface area contributed by atoms with Crippen LogP contribution in [0.25, 0.3) is 0 Å². The average molecular weight is 277 g/mol. The average Bonchev–Trinajstić information content (AvgIpc) is 2.28. The molecule has 0 unspecified atom stereocenters. The van der Waals surface area contributed by atoms with Crippen molar-refractivity contribution in [2.24, 2.45) is 5.41 Å². The molecule has 3 nitrogen and oxygen atoms in total. The van der Waals surface area contributed by atoms with Crippen LogP contribution in [0.4, 0.5) is 0 Å². The normalized spacial score (nSPS) is 12.9. The molecule has 0 aliphatic carbocycles. The Hall–Kier alpha value is -0.0900. The monoisotopic (exact) mass is 277 g/mol. The second-order valence-corrected chi connectivity index (χ2v) is 8.36. The minimum Gasteiger partial charge on any atom is -0.316 e. The fourth-order valence-corrected chi connectivity index (χ4v) is 2.80. The van der Waals surface area contributed by atoms with Gasteiger partial charge in [-0.1, -0.05) is 47.0 Å². The minimum atomic E-state index is -2.79. The first kappa shape index (κ1) is 17.9. The van der Waals surface area contributed by atoms with Crippen LogP contribution in [-0.4, -0.2) is 33.0 Å². The van der Waals surface area contributed by atoms with Crippen molar-refractivity contribution in [3.05, 3.63) is 0 Å². The number of hydrogen-bond acceptors (Lipinski definition) is 3. The number of rotatable bonds is 11. The molecule has 0 spiro atoms. The van der Waals surface area contributed by atoms with Gasteiger partial charge in [0.2, 0.25) is 0 Å². The fourth-order valence-electron chi connectivity index (χ4n) is 1.93. The Morgan fingerprint density at radius 2 is 1.72 bits per heavy atom. The molecular formula is C14H31NO2S. The maximum absolute atomic E-state index is 11.3. The standard InChI is InChI=1S/C14H31NO2S/c1-5-7-8-10-14(3,4)13-15-11-9-12-18(16,17)6-2/h15H,5-13H2,1-4H3. The molecule has 0 atom stereocenters. The van der Waals surface area contributed by atoms with E-state index in [1.54, 1.807) is 6.92 Å². The van der Waals surface area contributed by atoms with Crippen molar-refractivity contribution in [1.82, 2.24) is 5.32 Å². The Morgan fingerprint density at radius 1 is 1.06 bits per heavy atom. The summed E-state index contributed by atoms with van der Waals surface area (Å²) in [6.45, 7) is 10.3. The summed E-state index contributed by atoms with van der Waals surface area (Å²) in [7, 11) is -2.79. The summed E-state index contributed by atoms with van der Waals surface area (Å²) in [4.78, 5) is 0. The number of unbranched alkanes of at least 4 members (excludes halogenated alkanes) is 2. The summed E-state index contributed by atoms with van der Waals surface area (Å²) in [5, 5.41) is 3.38. The molecule has 0 fully saturated rings. The zero-order chi connectivity index (χ0) is 14.1. The highest BCUT2D eigenvalue weighted by atomic mass is 32.2. The SMILES string of the molecule is CCCCCC(C)(C)CNCCCS(=O)(=O)CC. The van der Waals surface area contributed by atoms with E-state index in [1.165, 1.54) is 25.7 Å². The molecule has 18 heavy (non-hydrogen) atoms. The van der Waals surface area contributed by atoms with Gasteiger partial charge in [0, 0.05) is 12.3 Å². The van der Waals surface area contributed by atoms with Gasteiger partial charge in [-0.25, -0.2) is 8.42 Å². The highest BCUT2D eigenvalue weighted by molar-refractivity contribution is 7.91. The zero-order valence-electron chi connectivity index (χ0n) is 12.6. The van der Waals surface area contributed by atoms with Crippen LogP contribution in [0.15, 0.2) is 0 Å². The van der Waals surface area contributed by atoms with Crippen molar-refractivity contribution in [1.29, 1.82) is 0 Å². The quantitative estimate of drug-likeness (QED) is 0.591. The second-order valence-electron chi connectivity index (χ2n) is 5.89. The van der Waals surface area contributed by atoms with Crippen LogP contribution in [0, 0.1) is 5.41 Å². The Labute approximate surface area is 114 Å². The molecule has 0 saturated carbocycles. The first-order valence-electron chi connectivity index (χ1n) is 7.24. The van der Waals surface area contributed by atoms with Gasteiger partial charge in [-0.15, -0.1) is 0 Å². The summed E-state index contributed by atoms with van der Waals surface area (Å²) < 4.78 is 22.6. The summed E-state index contributed by atoms with van der Waals surface area (Å²) in [5.74, 6) is 0.572. The van der Waals surface area contributed by atoms with Crippen LogP contribution in [0.5, 0.6) is 0 Å². The summed E-state index contributed by atoms with van der Waals surface area (Å²) in [6.07, 6.45) is 5.81. The van der Waals surface area contributed by atoms with Crippen LogP contribution in [0.3, 0.4) is 0 Å². The number of sulfone groups is 1. The van der Waals surface area contributed by atoms with E-state index in [0.717, 1.165) is 19.5 Å². The molecule has 0 aromatic heterocycles. The van der Waals surface area contributed by atoms with Crippen molar-refractivity contribution in [3.8, 4) is 0 Å². The molecule has 0 aromatic carbocycles. The smallest absolute Gasteiger partial charge is 0.150 e. The van der Waals surface area contributed by atoms with Crippen molar-refractivity contribution in [3.63, 3.8) is 0 Å². The van der Waals surface area contributed by atoms with Crippen molar-refractivity contribution < 1.29 is 8.42 Å². The predicted molar refractivity (Wildman–Crippen MR) is 79.7 cm³/mol. The van der Waals surface area contributed by atoms with Gasteiger partial charge in [0.05, 0.1) is 5.75 Å². The number of nitrogens with one attached hydrogen (secondary N) is 1. The summed E-state index contributed by atoms with van der Waals surface area (Å²) in [5.41, 5.74) is 0.318. The van der Waals surface area contributed by atoms with Crippen LogP contribution < -0.4 is 5.32 Å². The van der Waals surface area contributed by atoms with E-state index in [0.29, 0.717) is 11.2 Å². The minimum absolute atomic E-state index is 0.259. The lowest BCUT2D eigenvalue weighted by molar-refractivity contribution is 0.303. The predicted octanol–water partition coefficient (Wildman–Crippen LogP) is 3.01. The first-order chi connectivity index (χ1) is 8.33. The van der Waals surface area contributed by atoms with E-state index in [9.17, 15) is 8.42 Å². The molecule has 110 valence electrons. The van der Waals surface area contributed by atoms with Crippen LogP contribution in [0.2, 0.25) is 0 Å². The molecule has 4 heteroatoms. The third-order valence-corrected chi connectivity index (χ3v) is 5.10. The van der Waals surface area contributed by atoms with Crippen LogP contribution in [0.1, 0.15) is 59.8 Å². The van der Waals surface area contributed by atoms with E-state index in [-0.39, 0.29) is 5.75 Å². The van der Waals surface area contributed by atoms with Crippen molar-refractivity contribution in [2.75, 3.05) is 24.6 Å². The highest BCUT2D eigenvalue weighted by Gasteiger charge is 2.16. The summed E-state index contributed by atoms with van der Waals surface area (Å²) in [6, 6.07) is 0. The third kappa shape index (κ3) is 9.89. The first-order valence-corrected chi connectivity index (χ1v) is 9.06. The Morgan fingerprint density at radius 3 is 2.28 bits per heavy atom. The van der Waals surface area contributed by atoms with Crippen LogP contribution in [-0.2, 0) is 9.84 Å². The molecule has 0 aliphatic rings. The third-order valence-electron chi connectivity index (χ3n) is 3.31. The Kier molecular flexibility index (Phi) is 8.87. The Bertz CT molecular complexity index is 297. The lowest BCUT2D eigenvalue weighted by atomic mass is 9.87. The lowest BCUT2D eigenvalue weighted by Crippen LogP contribution is -2.30. The Balaban J connectivity index is 3.64. The molecule has 0 saturated heterocycles. The topological polar surface area (TPSA) is 46.2 Å². The fraction of sp³-hybridized carbons (Fsp3) is 1.00. The van der Waals surface area contributed by atoms with E-state index < -0.39 is 9.84 Å². The van der Waals surface area contributed by atoms with Gasteiger partial charge in [-0.05, 0) is 24.8 Å². The molecule has 0 radical (unpaired) electrons. The van der Waals surface area contributed by atoms with Gasteiger partial charge in [0.25, 0.3) is 0 Å². The maximum Gasteiger partial charge on any atom is 0.150 e. The van der Waals surface area contributed by atoms with Gasteiger partial charge in [0.15, 0.2) is 0 Å². The molecular weight excluding hydrogens is 246 g/mol. The van der Waals surface area contributed by atoms with E-state index in [2.05, 4.69) is 26.1 Å². The van der Waals surface area contributed by atoms with Gasteiger partial charge in [-0.2, -0.15) is 0 Å². The van der Waals surface area contributed by atoms with Gasteiger partial charge < -0.3 is 5.32 Å². The van der Waals surface area contributed by atoms with Gasteiger partial charge in [0.1, 0.15) is 9.84 Å². The molecule has 1 N–H and O–H groups in total. The molecule has 0 bridgehead atoms. The second kappa shape index (κ2) is 8.92. The van der Waals surface area contributed by atoms with Crippen LogP contribution >= 0.6 is 0 Å². The van der Waals surface area contributed by atoms with Gasteiger partial charge in [-0.3, -0.25) is 0 Å². The van der Waals surface area contributed by atoms with E-state index >= 15 is 0 Å². The largest absolute Gasteiger partial charge is 0.316 e. The van der Waals surface area contributed by atoms with Gasteiger partial charge >= 0.3 is 0 Å². The summed E-state index contributed by atoms with van der Waals surface area (Å²) >= 11 is 0. The number of hydrogen-bond donors (Lipinski definition) is 1. The molecule has 0 heterocycles. The zero-order valence-corrected chi connectivity index (χ0v) is 13.4. The molecule has 0 aromatic rings. The maximum atomic E-state index is 11.3. The molecule has 0 amide bonds. The van der Waals surface area contributed by atoms with Crippen molar-refractivity contribution >= 4 is 9.84 Å².